The molecule has 1 saturated heterocycles. The lowest BCUT2D eigenvalue weighted by molar-refractivity contribution is 0.207. The van der Waals surface area contributed by atoms with Gasteiger partial charge in [-0.2, -0.15) is 0 Å². The van der Waals surface area contributed by atoms with E-state index in [9.17, 15) is 0 Å². The van der Waals surface area contributed by atoms with Crippen molar-refractivity contribution in [1.82, 2.24) is 4.90 Å². The number of thiophene rings is 1. The average Bonchev–Trinajstić information content (AvgIpc) is 2.66. The third kappa shape index (κ3) is 3.56. The van der Waals surface area contributed by atoms with E-state index in [4.69, 9.17) is 5.73 Å². The van der Waals surface area contributed by atoms with E-state index < -0.39 is 0 Å². The Bertz CT molecular complexity index is 366. The summed E-state index contributed by atoms with van der Waals surface area (Å²) < 4.78 is 1.21. The van der Waals surface area contributed by atoms with Gasteiger partial charge in [-0.25, -0.2) is 0 Å². The Hall–Kier alpha value is 0.100. The Morgan fingerprint density at radius 3 is 2.94 bits per heavy atom. The zero-order valence-corrected chi connectivity index (χ0v) is 13.5. The highest BCUT2D eigenvalue weighted by Gasteiger charge is 2.23. The van der Waals surface area contributed by atoms with E-state index in [0.29, 0.717) is 6.04 Å². The number of rotatable bonds is 4. The van der Waals surface area contributed by atoms with E-state index in [1.54, 1.807) is 11.3 Å². The minimum atomic E-state index is 0.406. The molecule has 2 N–H and O–H groups in total. The monoisotopic (exact) mass is 330 g/mol. The van der Waals surface area contributed by atoms with Gasteiger partial charge in [0.2, 0.25) is 0 Å². The third-order valence-electron chi connectivity index (χ3n) is 4.10. The smallest absolute Gasteiger partial charge is 0.0701 e. The average molecular weight is 331 g/mol. The van der Waals surface area contributed by atoms with E-state index in [0.717, 1.165) is 12.5 Å². The fourth-order valence-electron chi connectivity index (χ4n) is 2.90. The lowest BCUT2D eigenvalue weighted by Crippen LogP contribution is -2.34. The molecule has 4 heteroatoms. The lowest BCUT2D eigenvalue weighted by Gasteiger charge is -2.29. The SMILES string of the molecule is CCC1CCCN(C(CN)c2csc(Br)c2)CC1. The molecule has 0 spiro atoms. The van der Waals surface area contributed by atoms with E-state index >= 15 is 0 Å². The van der Waals surface area contributed by atoms with Crippen LogP contribution in [0.5, 0.6) is 0 Å². The summed E-state index contributed by atoms with van der Waals surface area (Å²) in [6, 6.07) is 2.63. The maximum atomic E-state index is 6.01. The Labute approximate surface area is 123 Å². The molecule has 0 aliphatic carbocycles. The Morgan fingerprint density at radius 2 is 2.33 bits per heavy atom. The highest BCUT2D eigenvalue weighted by molar-refractivity contribution is 9.11. The summed E-state index contributed by atoms with van der Waals surface area (Å²) in [7, 11) is 0. The molecule has 1 aliphatic heterocycles. The van der Waals surface area contributed by atoms with E-state index in [1.807, 2.05) is 0 Å². The molecule has 1 aliphatic rings. The van der Waals surface area contributed by atoms with Gasteiger partial charge in [0, 0.05) is 12.6 Å². The topological polar surface area (TPSA) is 29.3 Å². The van der Waals surface area contributed by atoms with E-state index in [-0.39, 0.29) is 0 Å². The number of likely N-dealkylation sites (tertiary alicyclic amines) is 1. The molecule has 0 aromatic carbocycles. The summed E-state index contributed by atoms with van der Waals surface area (Å²) in [5.74, 6) is 0.919. The molecule has 2 nitrogen and oxygen atoms in total. The molecule has 0 saturated carbocycles. The molecule has 1 fully saturated rings. The summed E-state index contributed by atoms with van der Waals surface area (Å²) in [5, 5.41) is 2.24. The zero-order chi connectivity index (χ0) is 13.0. The van der Waals surface area contributed by atoms with Gasteiger partial charge in [-0.3, -0.25) is 4.90 Å². The number of hydrogen-bond acceptors (Lipinski definition) is 3. The normalized spacial score (nSPS) is 23.8. The van der Waals surface area contributed by atoms with Crippen LogP contribution < -0.4 is 5.73 Å². The fourth-order valence-corrected chi connectivity index (χ4v) is 4.12. The molecule has 0 radical (unpaired) electrons. The van der Waals surface area contributed by atoms with Crippen LogP contribution in [0.25, 0.3) is 0 Å². The first-order valence-corrected chi connectivity index (χ1v) is 8.60. The summed E-state index contributed by atoms with van der Waals surface area (Å²) in [6.45, 7) is 5.44. The van der Waals surface area contributed by atoms with Crippen molar-refractivity contribution >= 4 is 27.3 Å². The van der Waals surface area contributed by atoms with Crippen molar-refractivity contribution in [3.05, 3.63) is 20.8 Å². The summed E-state index contributed by atoms with van der Waals surface area (Å²) >= 11 is 5.31. The number of hydrogen-bond donors (Lipinski definition) is 1. The van der Waals surface area contributed by atoms with Crippen LogP contribution in [0, 0.1) is 5.92 Å². The summed E-state index contributed by atoms with van der Waals surface area (Å²) in [6.07, 6.45) is 5.36. The zero-order valence-electron chi connectivity index (χ0n) is 11.1. The molecule has 2 rings (SSSR count). The Balaban J connectivity index is 2.03. The van der Waals surface area contributed by atoms with Crippen LogP contribution in [0.3, 0.4) is 0 Å². The van der Waals surface area contributed by atoms with Crippen LogP contribution >= 0.6 is 27.3 Å². The molecular weight excluding hydrogens is 308 g/mol. The quantitative estimate of drug-likeness (QED) is 0.903. The summed E-state index contributed by atoms with van der Waals surface area (Å²) in [5.41, 5.74) is 7.39. The van der Waals surface area contributed by atoms with Gasteiger partial charge in [-0.1, -0.05) is 13.3 Å². The standard InChI is InChI=1S/C14H23BrN2S/c1-2-11-4-3-6-17(7-5-11)13(9-16)12-8-14(15)18-10-12/h8,10-11,13H,2-7,9,16H2,1H3. The molecule has 1 aromatic rings. The maximum absolute atomic E-state index is 6.01. The van der Waals surface area contributed by atoms with Crippen molar-refractivity contribution in [2.45, 2.75) is 38.6 Å². The Kier molecular flexibility index (Phi) is 5.67. The predicted octanol–water partition coefficient (Wildman–Crippen LogP) is 4.02. The first-order valence-electron chi connectivity index (χ1n) is 6.92. The van der Waals surface area contributed by atoms with Gasteiger partial charge in [-0.15, -0.1) is 11.3 Å². The van der Waals surface area contributed by atoms with Crippen LogP contribution in [0.15, 0.2) is 15.2 Å². The first-order chi connectivity index (χ1) is 8.74. The third-order valence-corrected chi connectivity index (χ3v) is 5.62. The largest absolute Gasteiger partial charge is 0.329 e. The molecular formula is C14H23BrN2S. The van der Waals surface area contributed by atoms with Crippen LogP contribution in [0.1, 0.15) is 44.2 Å². The van der Waals surface area contributed by atoms with E-state index in [2.05, 4.69) is 39.2 Å². The van der Waals surface area contributed by atoms with Crippen molar-refractivity contribution in [2.24, 2.45) is 11.7 Å². The van der Waals surface area contributed by atoms with Gasteiger partial charge >= 0.3 is 0 Å². The van der Waals surface area contributed by atoms with Gasteiger partial charge in [0.15, 0.2) is 0 Å². The second-order valence-corrected chi connectivity index (χ2v) is 7.47. The molecule has 0 bridgehead atoms. The minimum absolute atomic E-state index is 0.406. The van der Waals surface area contributed by atoms with Crippen molar-refractivity contribution in [2.75, 3.05) is 19.6 Å². The minimum Gasteiger partial charge on any atom is -0.329 e. The maximum Gasteiger partial charge on any atom is 0.0701 e. The molecule has 2 atom stereocenters. The van der Waals surface area contributed by atoms with Crippen molar-refractivity contribution in [1.29, 1.82) is 0 Å². The number of nitrogens with two attached hydrogens (primary N) is 1. The fraction of sp³-hybridized carbons (Fsp3) is 0.714. The first kappa shape index (κ1) is 14.5. The van der Waals surface area contributed by atoms with Gasteiger partial charge in [-0.05, 0) is 71.2 Å². The lowest BCUT2D eigenvalue weighted by atomic mass is 9.98. The van der Waals surface area contributed by atoms with Gasteiger partial charge in [0.1, 0.15) is 0 Å². The van der Waals surface area contributed by atoms with Crippen LogP contribution in [-0.2, 0) is 0 Å². The second-order valence-electron chi connectivity index (χ2n) is 5.18. The molecule has 2 unspecified atom stereocenters. The van der Waals surface area contributed by atoms with E-state index in [1.165, 1.54) is 48.1 Å². The number of halogens is 1. The second kappa shape index (κ2) is 7.04. The van der Waals surface area contributed by atoms with Crippen molar-refractivity contribution < 1.29 is 0 Å². The van der Waals surface area contributed by atoms with Crippen molar-refractivity contribution in [3.8, 4) is 0 Å². The molecule has 1 aromatic heterocycles. The van der Waals surface area contributed by atoms with Crippen molar-refractivity contribution in [3.63, 3.8) is 0 Å². The number of nitrogens with zero attached hydrogens (tertiary/aromatic N) is 1. The Morgan fingerprint density at radius 1 is 1.50 bits per heavy atom. The predicted molar refractivity (Wildman–Crippen MR) is 83.0 cm³/mol. The van der Waals surface area contributed by atoms with Gasteiger partial charge < -0.3 is 5.73 Å². The molecule has 0 amide bonds. The highest BCUT2D eigenvalue weighted by atomic mass is 79.9. The highest BCUT2D eigenvalue weighted by Crippen LogP contribution is 2.31. The molecule has 18 heavy (non-hydrogen) atoms. The van der Waals surface area contributed by atoms with Crippen LogP contribution in [0.2, 0.25) is 0 Å². The summed E-state index contributed by atoms with van der Waals surface area (Å²) in [4.78, 5) is 2.59. The van der Waals surface area contributed by atoms with Gasteiger partial charge in [0.05, 0.1) is 3.79 Å². The van der Waals surface area contributed by atoms with Crippen LogP contribution in [0.4, 0.5) is 0 Å². The molecule has 2 heterocycles. The van der Waals surface area contributed by atoms with Crippen LogP contribution in [-0.4, -0.2) is 24.5 Å². The molecule has 102 valence electrons. The van der Waals surface area contributed by atoms with Gasteiger partial charge in [0.25, 0.3) is 0 Å².